The Kier molecular flexibility index (Phi) is 4.78. The minimum Gasteiger partial charge on any atom is -0.437 e. The summed E-state index contributed by atoms with van der Waals surface area (Å²) in [5.74, 6) is 0.954. The zero-order valence-corrected chi connectivity index (χ0v) is 15.4. The molecule has 1 fully saturated rings. The van der Waals surface area contributed by atoms with Gasteiger partial charge in [-0.1, -0.05) is 30.3 Å². The van der Waals surface area contributed by atoms with Gasteiger partial charge in [-0.05, 0) is 18.9 Å². The summed E-state index contributed by atoms with van der Waals surface area (Å²) < 4.78 is 11.2. The summed E-state index contributed by atoms with van der Waals surface area (Å²) in [6, 6.07) is 10.8. The molecule has 1 saturated heterocycles. The maximum atomic E-state index is 12.7. The molecule has 1 amide bonds. The maximum absolute atomic E-state index is 12.7. The molecule has 138 valence electrons. The second-order valence-electron chi connectivity index (χ2n) is 7.09. The molecule has 2 atom stereocenters. The highest BCUT2D eigenvalue weighted by molar-refractivity contribution is 5.90. The number of fused-ring (bicyclic) bond motifs is 1. The van der Waals surface area contributed by atoms with Gasteiger partial charge in [-0.25, -0.2) is 4.98 Å². The first-order valence-corrected chi connectivity index (χ1v) is 9.25. The van der Waals surface area contributed by atoms with Crippen molar-refractivity contribution in [1.29, 1.82) is 0 Å². The van der Waals surface area contributed by atoms with Crippen molar-refractivity contribution in [2.45, 2.75) is 38.5 Å². The first-order valence-electron chi connectivity index (χ1n) is 9.25. The average Bonchev–Trinajstić information content (AvgIpc) is 3.33. The predicted octanol–water partition coefficient (Wildman–Crippen LogP) is 2.65. The van der Waals surface area contributed by atoms with Crippen molar-refractivity contribution in [2.24, 2.45) is 0 Å². The van der Waals surface area contributed by atoms with Crippen LogP contribution in [0.15, 0.2) is 34.7 Å². The van der Waals surface area contributed by atoms with Gasteiger partial charge in [0.05, 0.1) is 11.8 Å². The molecule has 1 aromatic carbocycles. The van der Waals surface area contributed by atoms with Crippen molar-refractivity contribution >= 4 is 5.91 Å². The quantitative estimate of drug-likeness (QED) is 0.844. The molecule has 0 spiro atoms. The summed E-state index contributed by atoms with van der Waals surface area (Å²) in [5.41, 5.74) is 2.18. The van der Waals surface area contributed by atoms with Gasteiger partial charge in [-0.2, -0.15) is 0 Å². The lowest BCUT2D eigenvalue weighted by molar-refractivity contribution is 0.0686. The van der Waals surface area contributed by atoms with Crippen LogP contribution in [0, 0.1) is 0 Å². The summed E-state index contributed by atoms with van der Waals surface area (Å²) >= 11 is 0. The third-order valence-corrected chi connectivity index (χ3v) is 5.54. The van der Waals surface area contributed by atoms with E-state index in [1.165, 1.54) is 5.56 Å². The molecule has 3 heterocycles. The molecule has 0 unspecified atom stereocenters. The topological polar surface area (TPSA) is 58.8 Å². The summed E-state index contributed by atoms with van der Waals surface area (Å²) in [6.45, 7) is 5.13. The Balaban J connectivity index is 1.46. The Morgan fingerprint density at radius 3 is 2.85 bits per heavy atom. The van der Waals surface area contributed by atoms with E-state index >= 15 is 0 Å². The fourth-order valence-corrected chi connectivity index (χ4v) is 3.82. The molecule has 1 aromatic heterocycles. The van der Waals surface area contributed by atoms with Crippen LogP contribution in [0.25, 0.3) is 0 Å². The van der Waals surface area contributed by atoms with Crippen LogP contribution in [-0.4, -0.2) is 53.5 Å². The van der Waals surface area contributed by atoms with Crippen molar-refractivity contribution in [3.63, 3.8) is 0 Å². The summed E-state index contributed by atoms with van der Waals surface area (Å²) in [7, 11) is 1.69. The molecule has 2 aliphatic heterocycles. The van der Waals surface area contributed by atoms with Crippen LogP contribution >= 0.6 is 0 Å². The number of nitrogens with zero attached hydrogens (tertiary/aromatic N) is 3. The van der Waals surface area contributed by atoms with Crippen LogP contribution in [0.2, 0.25) is 0 Å². The van der Waals surface area contributed by atoms with Gasteiger partial charge in [0.15, 0.2) is 0 Å². The van der Waals surface area contributed by atoms with E-state index in [1.807, 2.05) is 6.07 Å². The number of hydrogen-bond donors (Lipinski definition) is 0. The van der Waals surface area contributed by atoms with Crippen molar-refractivity contribution in [3.8, 4) is 0 Å². The van der Waals surface area contributed by atoms with Gasteiger partial charge in [0.25, 0.3) is 5.89 Å². The Morgan fingerprint density at radius 1 is 1.31 bits per heavy atom. The number of ether oxygens (including phenoxy) is 1. The highest BCUT2D eigenvalue weighted by Gasteiger charge is 2.32. The summed E-state index contributed by atoms with van der Waals surface area (Å²) in [4.78, 5) is 21.3. The standard InChI is InChI=1S/C20H25N3O3/c1-14(15-6-4-3-5-7-15)22-11-9-18-17(13-22)21-19(26-18)20(24)23-10-8-16(12-23)25-2/h3-7,14,16H,8-13H2,1-2H3/t14-,16-/m1/s1. The maximum Gasteiger partial charge on any atom is 0.309 e. The van der Waals surface area contributed by atoms with E-state index in [0.29, 0.717) is 25.7 Å². The first kappa shape index (κ1) is 17.2. The number of oxazole rings is 1. The largest absolute Gasteiger partial charge is 0.437 e. The summed E-state index contributed by atoms with van der Waals surface area (Å²) in [6.07, 6.45) is 1.77. The zero-order chi connectivity index (χ0) is 18.1. The van der Waals surface area contributed by atoms with Gasteiger partial charge in [-0.15, -0.1) is 0 Å². The predicted molar refractivity (Wildman–Crippen MR) is 96.8 cm³/mol. The molecule has 4 rings (SSSR count). The van der Waals surface area contributed by atoms with Gasteiger partial charge < -0.3 is 14.1 Å². The third kappa shape index (κ3) is 3.27. The van der Waals surface area contributed by atoms with Crippen LogP contribution < -0.4 is 0 Å². The van der Waals surface area contributed by atoms with E-state index in [2.05, 4.69) is 41.1 Å². The highest BCUT2D eigenvalue weighted by Crippen LogP contribution is 2.28. The number of rotatable bonds is 4. The highest BCUT2D eigenvalue weighted by atomic mass is 16.5. The number of hydrogen-bond acceptors (Lipinski definition) is 5. The lowest BCUT2D eigenvalue weighted by Gasteiger charge is -2.31. The molecule has 0 aliphatic carbocycles. The molecule has 2 aliphatic rings. The molecule has 6 heteroatoms. The lowest BCUT2D eigenvalue weighted by Crippen LogP contribution is -2.32. The minimum atomic E-state index is -0.124. The molecule has 0 bridgehead atoms. The van der Waals surface area contributed by atoms with E-state index in [4.69, 9.17) is 9.15 Å². The van der Waals surface area contributed by atoms with E-state index in [1.54, 1.807) is 12.0 Å². The van der Waals surface area contributed by atoms with Crippen molar-refractivity contribution < 1.29 is 13.9 Å². The third-order valence-electron chi connectivity index (χ3n) is 5.54. The molecule has 0 saturated carbocycles. The molecule has 2 aromatic rings. The average molecular weight is 355 g/mol. The van der Waals surface area contributed by atoms with E-state index < -0.39 is 0 Å². The minimum absolute atomic E-state index is 0.116. The number of carbonyl (C=O) groups excluding carboxylic acids is 1. The number of methoxy groups -OCH3 is 1. The van der Waals surface area contributed by atoms with Crippen LogP contribution in [-0.2, 0) is 17.7 Å². The number of carbonyl (C=O) groups is 1. The normalized spacial score (nSPS) is 21.6. The monoisotopic (exact) mass is 355 g/mol. The van der Waals surface area contributed by atoms with Crippen LogP contribution in [0.4, 0.5) is 0 Å². The fourth-order valence-electron chi connectivity index (χ4n) is 3.82. The van der Waals surface area contributed by atoms with E-state index in [0.717, 1.165) is 30.8 Å². The molecule has 0 radical (unpaired) electrons. The number of benzene rings is 1. The second-order valence-corrected chi connectivity index (χ2v) is 7.09. The van der Waals surface area contributed by atoms with Gasteiger partial charge in [0, 0.05) is 45.8 Å². The van der Waals surface area contributed by atoms with Gasteiger partial charge >= 0.3 is 5.91 Å². The van der Waals surface area contributed by atoms with Crippen LogP contribution in [0.5, 0.6) is 0 Å². The Bertz CT molecular complexity index is 774. The van der Waals surface area contributed by atoms with Gasteiger partial charge in [-0.3, -0.25) is 9.69 Å². The first-order chi connectivity index (χ1) is 12.7. The fraction of sp³-hybridized carbons (Fsp3) is 0.500. The van der Waals surface area contributed by atoms with E-state index in [9.17, 15) is 4.79 Å². The van der Waals surface area contributed by atoms with Gasteiger partial charge in [0.1, 0.15) is 5.76 Å². The lowest BCUT2D eigenvalue weighted by atomic mass is 10.0. The zero-order valence-electron chi connectivity index (χ0n) is 15.4. The Hall–Kier alpha value is -2.18. The molecular weight excluding hydrogens is 330 g/mol. The Labute approximate surface area is 153 Å². The second kappa shape index (κ2) is 7.21. The Morgan fingerprint density at radius 2 is 2.12 bits per heavy atom. The van der Waals surface area contributed by atoms with Crippen molar-refractivity contribution in [2.75, 3.05) is 26.7 Å². The van der Waals surface area contributed by atoms with Crippen LogP contribution in [0.3, 0.4) is 0 Å². The molecule has 6 nitrogen and oxygen atoms in total. The molecule has 26 heavy (non-hydrogen) atoms. The molecular formula is C20H25N3O3. The van der Waals surface area contributed by atoms with E-state index in [-0.39, 0.29) is 17.9 Å². The SMILES string of the molecule is CO[C@@H]1CCN(C(=O)c2nc3c(o2)CCN([C@H](C)c2ccccc2)C3)C1. The number of aromatic nitrogens is 1. The van der Waals surface area contributed by atoms with Crippen LogP contribution in [0.1, 0.15) is 47.1 Å². The van der Waals surface area contributed by atoms with Crippen molar-refractivity contribution in [3.05, 3.63) is 53.2 Å². The smallest absolute Gasteiger partial charge is 0.309 e. The number of likely N-dealkylation sites (tertiary alicyclic amines) is 1. The number of amides is 1. The summed E-state index contributed by atoms with van der Waals surface area (Å²) in [5, 5.41) is 0. The molecule has 0 N–H and O–H groups in total. The van der Waals surface area contributed by atoms with Crippen molar-refractivity contribution in [1.82, 2.24) is 14.8 Å². The van der Waals surface area contributed by atoms with Gasteiger partial charge in [0.2, 0.25) is 0 Å².